The van der Waals surface area contributed by atoms with Crippen LogP contribution in [0.2, 0.25) is 0 Å². The van der Waals surface area contributed by atoms with Gasteiger partial charge in [-0.1, -0.05) is 6.92 Å². The highest BCUT2D eigenvalue weighted by Crippen LogP contribution is 2.17. The van der Waals surface area contributed by atoms with Gasteiger partial charge in [-0.05, 0) is 32.2 Å². The molecule has 2 rings (SSSR count). The highest BCUT2D eigenvalue weighted by Gasteiger charge is 2.20. The van der Waals surface area contributed by atoms with E-state index in [1.807, 2.05) is 0 Å². The van der Waals surface area contributed by atoms with Crippen LogP contribution in [0.15, 0.2) is 12.7 Å². The largest absolute Gasteiger partial charge is 0.354 e. The molecule has 0 saturated carbocycles. The zero-order chi connectivity index (χ0) is 14.4. The maximum atomic E-state index is 11.8. The number of nitrogens with zero attached hydrogens (tertiary/aromatic N) is 4. The molecule has 2 heterocycles. The summed E-state index contributed by atoms with van der Waals surface area (Å²) in [6.07, 6.45) is 6.16. The summed E-state index contributed by atoms with van der Waals surface area (Å²) in [6.45, 7) is 8.10. The lowest BCUT2D eigenvalue weighted by Gasteiger charge is -2.35. The first-order chi connectivity index (χ1) is 9.65. The molecule has 1 aliphatic rings. The molecule has 0 radical (unpaired) electrons. The number of carbonyl (C=O) groups excluding carboxylic acids is 1. The molecule has 0 bridgehead atoms. The van der Waals surface area contributed by atoms with Gasteiger partial charge in [-0.3, -0.25) is 14.4 Å². The van der Waals surface area contributed by atoms with Crippen molar-refractivity contribution < 1.29 is 4.79 Å². The molecule has 1 saturated heterocycles. The molecule has 20 heavy (non-hydrogen) atoms. The zero-order valence-corrected chi connectivity index (χ0v) is 12.5. The van der Waals surface area contributed by atoms with Crippen LogP contribution in [0.1, 0.15) is 33.1 Å². The lowest BCUT2D eigenvalue weighted by molar-refractivity contribution is -0.121. The Labute approximate surface area is 120 Å². The van der Waals surface area contributed by atoms with Gasteiger partial charge in [-0.15, -0.1) is 0 Å². The maximum Gasteiger partial charge on any atom is 0.221 e. The van der Waals surface area contributed by atoms with E-state index in [2.05, 4.69) is 34.1 Å². The molecule has 0 spiro atoms. The van der Waals surface area contributed by atoms with Gasteiger partial charge in [0.05, 0.1) is 6.54 Å². The van der Waals surface area contributed by atoms with Gasteiger partial charge < -0.3 is 5.32 Å². The van der Waals surface area contributed by atoms with Gasteiger partial charge in [0.1, 0.15) is 12.7 Å². The van der Waals surface area contributed by atoms with Crippen molar-refractivity contribution in [2.75, 3.05) is 19.6 Å². The molecule has 0 aliphatic carbocycles. The minimum absolute atomic E-state index is 0.0809. The van der Waals surface area contributed by atoms with Crippen LogP contribution in [0.3, 0.4) is 0 Å². The summed E-state index contributed by atoms with van der Waals surface area (Å²) >= 11 is 0. The van der Waals surface area contributed by atoms with Crippen LogP contribution >= 0.6 is 0 Å². The first kappa shape index (κ1) is 15.0. The van der Waals surface area contributed by atoms with Crippen LogP contribution in [0.25, 0.3) is 0 Å². The molecule has 0 aromatic carbocycles. The Bertz CT molecular complexity index is 406. The molecule has 0 unspecified atom stereocenters. The molecule has 2 atom stereocenters. The van der Waals surface area contributed by atoms with Gasteiger partial charge in [0, 0.05) is 25.6 Å². The second-order valence-electron chi connectivity index (χ2n) is 5.80. The second kappa shape index (κ2) is 7.38. The Kier molecular flexibility index (Phi) is 5.52. The van der Waals surface area contributed by atoms with Crippen molar-refractivity contribution in [2.24, 2.45) is 5.92 Å². The minimum Gasteiger partial charge on any atom is -0.354 e. The number of likely N-dealkylation sites (tertiary alicyclic amines) is 1. The van der Waals surface area contributed by atoms with E-state index in [0.29, 0.717) is 19.0 Å². The number of amides is 1. The number of hydrogen-bond donors (Lipinski definition) is 1. The van der Waals surface area contributed by atoms with Crippen molar-refractivity contribution >= 4 is 5.91 Å². The first-order valence-electron chi connectivity index (χ1n) is 7.48. The summed E-state index contributed by atoms with van der Waals surface area (Å²) in [5.74, 6) is 0.853. The van der Waals surface area contributed by atoms with E-state index in [-0.39, 0.29) is 5.91 Å². The number of rotatable bonds is 6. The fourth-order valence-electron chi connectivity index (χ4n) is 2.67. The van der Waals surface area contributed by atoms with Gasteiger partial charge in [-0.25, -0.2) is 4.98 Å². The van der Waals surface area contributed by atoms with Crippen molar-refractivity contribution in [3.8, 4) is 0 Å². The van der Waals surface area contributed by atoms with Crippen molar-refractivity contribution in [2.45, 2.75) is 45.7 Å². The third-order valence-corrected chi connectivity index (χ3v) is 3.94. The van der Waals surface area contributed by atoms with E-state index in [4.69, 9.17) is 0 Å². The molecule has 1 aromatic rings. The highest BCUT2D eigenvalue weighted by atomic mass is 16.1. The van der Waals surface area contributed by atoms with E-state index >= 15 is 0 Å². The van der Waals surface area contributed by atoms with Gasteiger partial charge in [0.15, 0.2) is 0 Å². The SMILES string of the molecule is C[C@@H]1CCCN([C@H](C)CNC(=O)CCn2cncn2)C1. The molecule has 6 heteroatoms. The zero-order valence-electron chi connectivity index (χ0n) is 12.5. The van der Waals surface area contributed by atoms with Crippen LogP contribution < -0.4 is 5.32 Å². The maximum absolute atomic E-state index is 11.8. The quantitative estimate of drug-likeness (QED) is 0.840. The second-order valence-corrected chi connectivity index (χ2v) is 5.80. The molecular formula is C14H25N5O. The molecule has 1 aromatic heterocycles. The molecule has 1 fully saturated rings. The fraction of sp³-hybridized carbons (Fsp3) is 0.786. The number of carbonyl (C=O) groups is 1. The van der Waals surface area contributed by atoms with Gasteiger partial charge >= 0.3 is 0 Å². The summed E-state index contributed by atoms with van der Waals surface area (Å²) < 4.78 is 1.68. The van der Waals surface area contributed by atoms with Gasteiger partial charge in [-0.2, -0.15) is 5.10 Å². The van der Waals surface area contributed by atoms with Crippen molar-refractivity contribution in [1.29, 1.82) is 0 Å². The lowest BCUT2D eigenvalue weighted by atomic mass is 9.99. The van der Waals surface area contributed by atoms with E-state index in [0.717, 1.165) is 25.6 Å². The Balaban J connectivity index is 1.64. The van der Waals surface area contributed by atoms with Crippen molar-refractivity contribution in [3.05, 3.63) is 12.7 Å². The number of hydrogen-bond acceptors (Lipinski definition) is 4. The minimum atomic E-state index is 0.0809. The van der Waals surface area contributed by atoms with Crippen LogP contribution in [0.5, 0.6) is 0 Å². The first-order valence-corrected chi connectivity index (χ1v) is 7.48. The highest BCUT2D eigenvalue weighted by molar-refractivity contribution is 5.75. The van der Waals surface area contributed by atoms with E-state index in [9.17, 15) is 4.79 Å². The van der Waals surface area contributed by atoms with Crippen LogP contribution in [-0.4, -0.2) is 51.2 Å². The Morgan fingerprint density at radius 1 is 1.55 bits per heavy atom. The third kappa shape index (κ3) is 4.59. The average molecular weight is 279 g/mol. The Morgan fingerprint density at radius 2 is 2.40 bits per heavy atom. The predicted molar refractivity (Wildman–Crippen MR) is 77.1 cm³/mol. The average Bonchev–Trinajstić information content (AvgIpc) is 2.95. The molecule has 112 valence electrons. The summed E-state index contributed by atoms with van der Waals surface area (Å²) in [6, 6.07) is 0.410. The normalized spacial score (nSPS) is 21.6. The van der Waals surface area contributed by atoms with Crippen molar-refractivity contribution in [1.82, 2.24) is 25.0 Å². The summed E-state index contributed by atoms with van der Waals surface area (Å²) in [5, 5.41) is 7.00. The van der Waals surface area contributed by atoms with Crippen LogP contribution in [-0.2, 0) is 11.3 Å². The smallest absolute Gasteiger partial charge is 0.221 e. The number of aryl methyl sites for hydroxylation is 1. The number of piperidine rings is 1. The monoisotopic (exact) mass is 279 g/mol. The summed E-state index contributed by atoms with van der Waals surface area (Å²) in [5.41, 5.74) is 0. The fourth-order valence-corrected chi connectivity index (χ4v) is 2.67. The standard InChI is InChI=1S/C14H25N5O/c1-12-4-3-6-18(9-12)13(2)8-16-14(20)5-7-19-11-15-10-17-19/h10-13H,3-9H2,1-2H3,(H,16,20)/t12-,13-/m1/s1. The van der Waals surface area contributed by atoms with Crippen LogP contribution in [0.4, 0.5) is 0 Å². The number of nitrogens with one attached hydrogen (secondary N) is 1. The van der Waals surface area contributed by atoms with Crippen molar-refractivity contribution in [3.63, 3.8) is 0 Å². The van der Waals surface area contributed by atoms with E-state index < -0.39 is 0 Å². The van der Waals surface area contributed by atoms with E-state index in [1.54, 1.807) is 11.0 Å². The van der Waals surface area contributed by atoms with E-state index in [1.165, 1.54) is 19.2 Å². The van der Waals surface area contributed by atoms with Crippen LogP contribution in [0, 0.1) is 5.92 Å². The molecule has 6 nitrogen and oxygen atoms in total. The predicted octanol–water partition coefficient (Wildman–Crippen LogP) is 0.905. The number of aromatic nitrogens is 3. The molecule has 1 aliphatic heterocycles. The molecule has 1 amide bonds. The summed E-state index contributed by atoms with van der Waals surface area (Å²) in [7, 11) is 0. The van der Waals surface area contributed by atoms with Gasteiger partial charge in [0.2, 0.25) is 5.91 Å². The Morgan fingerprint density at radius 3 is 3.10 bits per heavy atom. The molecule has 1 N–H and O–H groups in total. The Hall–Kier alpha value is -1.43. The summed E-state index contributed by atoms with van der Waals surface area (Å²) in [4.78, 5) is 18.1. The third-order valence-electron chi connectivity index (χ3n) is 3.94. The topological polar surface area (TPSA) is 63.1 Å². The van der Waals surface area contributed by atoms with Gasteiger partial charge in [0.25, 0.3) is 0 Å². The lowest BCUT2D eigenvalue weighted by Crippen LogP contribution is -2.46. The molecular weight excluding hydrogens is 254 g/mol.